The van der Waals surface area contributed by atoms with Crippen molar-refractivity contribution in [3.05, 3.63) is 15.5 Å². The Bertz CT molecular complexity index is 462. The Labute approximate surface area is 107 Å². The predicted molar refractivity (Wildman–Crippen MR) is 63.0 cm³/mol. The van der Waals surface area contributed by atoms with E-state index in [1.807, 2.05) is 6.92 Å². The molecule has 1 N–H and O–H groups in total. The fraction of sp³-hybridized carbons (Fsp3) is 0.500. The van der Waals surface area contributed by atoms with E-state index in [0.29, 0.717) is 15.9 Å². The maximum Gasteiger partial charge on any atom is 0.309 e. The highest BCUT2D eigenvalue weighted by Gasteiger charge is 2.45. The van der Waals surface area contributed by atoms with E-state index in [2.05, 4.69) is 4.98 Å². The molecule has 1 amide bonds. The number of hydrogen-bond donors (Lipinski definition) is 1. The number of aromatic nitrogens is 1. The second-order valence-electron chi connectivity index (χ2n) is 3.78. The molecule has 1 fully saturated rings. The van der Waals surface area contributed by atoms with E-state index in [0.717, 1.165) is 0 Å². The van der Waals surface area contributed by atoms with Gasteiger partial charge in [-0.15, -0.1) is 11.3 Å². The van der Waals surface area contributed by atoms with Gasteiger partial charge >= 0.3 is 5.97 Å². The Kier molecular flexibility index (Phi) is 3.35. The van der Waals surface area contributed by atoms with E-state index in [4.69, 9.17) is 16.7 Å². The molecule has 2 atom stereocenters. The average molecular weight is 275 g/mol. The number of thiazole rings is 1. The zero-order valence-corrected chi connectivity index (χ0v) is 10.7. The molecule has 1 aromatic heterocycles. The van der Waals surface area contributed by atoms with Gasteiger partial charge in [0, 0.05) is 13.0 Å². The van der Waals surface area contributed by atoms with Crippen molar-refractivity contribution in [2.24, 2.45) is 5.92 Å². The molecule has 2 heterocycles. The molecule has 1 saturated heterocycles. The van der Waals surface area contributed by atoms with E-state index < -0.39 is 17.9 Å². The minimum Gasteiger partial charge on any atom is -0.481 e. The molecule has 0 aromatic carbocycles. The Hall–Kier alpha value is -1.14. The molecule has 1 aromatic rings. The summed E-state index contributed by atoms with van der Waals surface area (Å²) in [6.07, 6.45) is 1.52. The van der Waals surface area contributed by atoms with Crippen LogP contribution < -0.4 is 0 Å². The number of aliphatic carboxylic acids is 1. The van der Waals surface area contributed by atoms with Crippen molar-refractivity contribution in [2.45, 2.75) is 19.4 Å². The molecule has 1 aliphatic rings. The van der Waals surface area contributed by atoms with Crippen molar-refractivity contribution in [3.8, 4) is 0 Å². The molecule has 0 bridgehead atoms. The van der Waals surface area contributed by atoms with E-state index in [1.54, 1.807) is 4.90 Å². The molecule has 5 nitrogen and oxygen atoms in total. The van der Waals surface area contributed by atoms with Gasteiger partial charge in [0.15, 0.2) is 0 Å². The summed E-state index contributed by atoms with van der Waals surface area (Å²) in [7, 11) is 0. The summed E-state index contributed by atoms with van der Waals surface area (Å²) in [5, 5.41) is 9.74. The van der Waals surface area contributed by atoms with E-state index in [9.17, 15) is 9.59 Å². The minimum atomic E-state index is -0.967. The van der Waals surface area contributed by atoms with Crippen molar-refractivity contribution in [1.82, 2.24) is 9.88 Å². The molecule has 7 heteroatoms. The van der Waals surface area contributed by atoms with Crippen LogP contribution in [0.4, 0.5) is 0 Å². The Morgan fingerprint density at radius 3 is 2.94 bits per heavy atom. The fourth-order valence-electron chi connectivity index (χ4n) is 2.09. The van der Waals surface area contributed by atoms with Gasteiger partial charge in [-0.25, -0.2) is 4.98 Å². The number of likely N-dealkylation sites (tertiary alicyclic amines) is 1. The first-order valence-electron chi connectivity index (χ1n) is 5.18. The number of carboxylic acid groups (broad SMARTS) is 1. The Morgan fingerprint density at radius 1 is 1.76 bits per heavy atom. The highest BCUT2D eigenvalue weighted by Crippen LogP contribution is 2.40. The number of hydrogen-bond acceptors (Lipinski definition) is 4. The van der Waals surface area contributed by atoms with E-state index in [-0.39, 0.29) is 12.3 Å². The van der Waals surface area contributed by atoms with Crippen LogP contribution in [0.25, 0.3) is 0 Å². The van der Waals surface area contributed by atoms with Crippen LogP contribution in [0.1, 0.15) is 24.4 Å². The molecular weight excluding hydrogens is 264 g/mol. The first kappa shape index (κ1) is 12.3. The first-order valence-corrected chi connectivity index (χ1v) is 6.37. The summed E-state index contributed by atoms with van der Waals surface area (Å²) in [5.41, 5.74) is 0. The quantitative estimate of drug-likeness (QED) is 0.912. The minimum absolute atomic E-state index is 0.0328. The number of carbonyl (C=O) groups excluding carboxylic acids is 1. The average Bonchev–Trinajstić information content (AvgIpc) is 2.81. The third-order valence-electron chi connectivity index (χ3n) is 2.84. The lowest BCUT2D eigenvalue weighted by Gasteiger charge is -2.23. The zero-order valence-electron chi connectivity index (χ0n) is 9.09. The second-order valence-corrected chi connectivity index (χ2v) is 5.47. The summed E-state index contributed by atoms with van der Waals surface area (Å²) in [5.74, 6) is -1.84. The molecular formula is C10H11ClN2O3S. The van der Waals surface area contributed by atoms with Gasteiger partial charge in [-0.05, 0) is 6.92 Å². The molecule has 2 rings (SSSR count). The van der Waals surface area contributed by atoms with Gasteiger partial charge < -0.3 is 10.0 Å². The van der Waals surface area contributed by atoms with Crippen LogP contribution >= 0.6 is 22.9 Å². The summed E-state index contributed by atoms with van der Waals surface area (Å²) >= 11 is 7.02. The van der Waals surface area contributed by atoms with Gasteiger partial charge in [0.2, 0.25) is 5.91 Å². The van der Waals surface area contributed by atoms with Crippen LogP contribution in [-0.2, 0) is 9.59 Å². The number of rotatable bonds is 3. The van der Waals surface area contributed by atoms with Crippen molar-refractivity contribution in [3.63, 3.8) is 0 Å². The second kappa shape index (κ2) is 4.62. The number of carboxylic acids is 1. The third kappa shape index (κ3) is 2.14. The van der Waals surface area contributed by atoms with E-state index in [1.165, 1.54) is 17.5 Å². The van der Waals surface area contributed by atoms with Gasteiger partial charge in [0.1, 0.15) is 9.34 Å². The SMILES string of the molecule is CCN1C(=O)CC(C(=O)O)C1c1ncc(Cl)s1. The Balaban J connectivity index is 2.38. The van der Waals surface area contributed by atoms with Gasteiger partial charge in [-0.3, -0.25) is 9.59 Å². The Morgan fingerprint density at radius 2 is 2.47 bits per heavy atom. The van der Waals surface area contributed by atoms with Gasteiger partial charge in [-0.1, -0.05) is 11.6 Å². The van der Waals surface area contributed by atoms with Crippen LogP contribution in [0.2, 0.25) is 4.34 Å². The third-order valence-corrected chi connectivity index (χ3v) is 4.02. The van der Waals surface area contributed by atoms with Crippen LogP contribution in [-0.4, -0.2) is 33.4 Å². The van der Waals surface area contributed by atoms with Gasteiger partial charge in [-0.2, -0.15) is 0 Å². The molecule has 0 spiro atoms. The highest BCUT2D eigenvalue weighted by molar-refractivity contribution is 7.15. The topological polar surface area (TPSA) is 70.5 Å². The van der Waals surface area contributed by atoms with Crippen LogP contribution in [0, 0.1) is 5.92 Å². The fourth-order valence-corrected chi connectivity index (χ4v) is 3.20. The van der Waals surface area contributed by atoms with Crippen LogP contribution in [0.3, 0.4) is 0 Å². The summed E-state index contributed by atoms with van der Waals surface area (Å²) in [4.78, 5) is 28.5. The largest absolute Gasteiger partial charge is 0.481 e. The molecule has 0 saturated carbocycles. The maximum atomic E-state index is 11.7. The van der Waals surface area contributed by atoms with E-state index >= 15 is 0 Å². The summed E-state index contributed by atoms with van der Waals surface area (Å²) in [6, 6.07) is -0.484. The summed E-state index contributed by atoms with van der Waals surface area (Å²) in [6.45, 7) is 2.30. The standard InChI is InChI=1S/C10H11ClN2O3S/c1-2-13-7(14)3-5(10(15)16)8(13)9-12-4-6(11)17-9/h4-5,8H,2-3H2,1H3,(H,15,16). The smallest absolute Gasteiger partial charge is 0.309 e. The lowest BCUT2D eigenvalue weighted by atomic mass is 10.0. The molecule has 1 aliphatic heterocycles. The number of carbonyl (C=O) groups is 2. The normalized spacial score (nSPS) is 24.4. The van der Waals surface area contributed by atoms with Crippen molar-refractivity contribution >= 4 is 34.8 Å². The van der Waals surface area contributed by atoms with Crippen molar-refractivity contribution in [1.29, 1.82) is 0 Å². The molecule has 2 unspecified atom stereocenters. The monoisotopic (exact) mass is 274 g/mol. The number of halogens is 1. The summed E-state index contributed by atoms with van der Waals surface area (Å²) < 4.78 is 0.500. The molecule has 92 valence electrons. The maximum absolute atomic E-state index is 11.7. The predicted octanol–water partition coefficient (Wildman–Crippen LogP) is 1.79. The van der Waals surface area contributed by atoms with Gasteiger partial charge in [0.05, 0.1) is 18.2 Å². The first-order chi connectivity index (χ1) is 8.04. The van der Waals surface area contributed by atoms with Crippen LogP contribution in [0.15, 0.2) is 6.20 Å². The van der Waals surface area contributed by atoms with Crippen LogP contribution in [0.5, 0.6) is 0 Å². The lowest BCUT2D eigenvalue weighted by molar-refractivity contribution is -0.142. The molecule has 0 aliphatic carbocycles. The number of nitrogens with zero attached hydrogens (tertiary/aromatic N) is 2. The lowest BCUT2D eigenvalue weighted by Crippen LogP contribution is -2.30. The molecule has 0 radical (unpaired) electrons. The number of amides is 1. The van der Waals surface area contributed by atoms with Crippen molar-refractivity contribution in [2.75, 3.05) is 6.54 Å². The van der Waals surface area contributed by atoms with Gasteiger partial charge in [0.25, 0.3) is 0 Å². The highest BCUT2D eigenvalue weighted by atomic mass is 35.5. The molecule has 17 heavy (non-hydrogen) atoms. The van der Waals surface area contributed by atoms with Crippen molar-refractivity contribution < 1.29 is 14.7 Å². The zero-order chi connectivity index (χ0) is 12.6.